The molecule has 2 aromatic carbocycles. The van der Waals surface area contributed by atoms with Crippen LogP contribution in [0.25, 0.3) is 6.08 Å². The molecule has 0 bridgehead atoms. The van der Waals surface area contributed by atoms with Crippen LogP contribution in [0, 0.1) is 0 Å². The summed E-state index contributed by atoms with van der Waals surface area (Å²) in [6, 6.07) is 14.7. The van der Waals surface area contributed by atoms with E-state index >= 15 is 0 Å². The summed E-state index contributed by atoms with van der Waals surface area (Å²) in [5.41, 5.74) is 3.45. The van der Waals surface area contributed by atoms with Gasteiger partial charge in [-0.15, -0.1) is 0 Å². The second-order valence-corrected chi connectivity index (χ2v) is 9.56. The van der Waals surface area contributed by atoms with E-state index in [2.05, 4.69) is 31.0 Å². The van der Waals surface area contributed by atoms with Gasteiger partial charge in [-0.05, 0) is 48.6 Å². The quantitative estimate of drug-likeness (QED) is 0.502. The first-order valence-corrected chi connectivity index (χ1v) is 12.0. The van der Waals surface area contributed by atoms with Crippen LogP contribution in [0.1, 0.15) is 56.3 Å². The SMILES string of the molecule is CCOC(=O)C1=C(C)N=c2s/c(=C/c3ccc(C(C)C)cc3)c(=O)n2[C@H]1c1ccccc1Cl. The number of hydrogen-bond acceptors (Lipinski definition) is 5. The third kappa shape index (κ3) is 4.45. The lowest BCUT2D eigenvalue weighted by Crippen LogP contribution is -2.40. The Bertz CT molecular complexity index is 1410. The average molecular weight is 481 g/mol. The molecule has 0 fully saturated rings. The molecule has 0 unspecified atom stereocenters. The number of fused-ring (bicyclic) bond motifs is 1. The number of halogens is 1. The molecule has 0 saturated carbocycles. The summed E-state index contributed by atoms with van der Waals surface area (Å²) in [7, 11) is 0. The number of esters is 1. The molecule has 0 aliphatic carbocycles. The highest BCUT2D eigenvalue weighted by Gasteiger charge is 2.34. The van der Waals surface area contributed by atoms with Gasteiger partial charge in [-0.3, -0.25) is 9.36 Å². The van der Waals surface area contributed by atoms with Gasteiger partial charge in [0.25, 0.3) is 5.56 Å². The lowest BCUT2D eigenvalue weighted by atomic mass is 9.96. The number of rotatable bonds is 5. The maximum Gasteiger partial charge on any atom is 0.338 e. The zero-order valence-corrected chi connectivity index (χ0v) is 20.5. The van der Waals surface area contributed by atoms with Crippen LogP contribution in [-0.2, 0) is 9.53 Å². The number of hydrogen-bond donors (Lipinski definition) is 0. The third-order valence-electron chi connectivity index (χ3n) is 5.62. The number of thiazole rings is 1. The van der Waals surface area contributed by atoms with Crippen molar-refractivity contribution in [2.45, 2.75) is 39.7 Å². The molecular formula is C26H25ClN2O3S. The van der Waals surface area contributed by atoms with Crippen molar-refractivity contribution in [1.29, 1.82) is 0 Å². The summed E-state index contributed by atoms with van der Waals surface area (Å²) in [5.74, 6) is -0.0634. The molecular weight excluding hydrogens is 456 g/mol. The predicted molar refractivity (Wildman–Crippen MR) is 132 cm³/mol. The lowest BCUT2D eigenvalue weighted by Gasteiger charge is -2.25. The molecule has 0 radical (unpaired) electrons. The van der Waals surface area contributed by atoms with Crippen molar-refractivity contribution in [3.05, 3.63) is 101 Å². The largest absolute Gasteiger partial charge is 0.463 e. The fourth-order valence-electron chi connectivity index (χ4n) is 3.91. The fourth-order valence-corrected chi connectivity index (χ4v) is 5.20. The van der Waals surface area contributed by atoms with Crippen molar-refractivity contribution in [1.82, 2.24) is 4.57 Å². The minimum absolute atomic E-state index is 0.217. The molecule has 1 aliphatic heterocycles. The Kier molecular flexibility index (Phi) is 6.68. The lowest BCUT2D eigenvalue weighted by molar-refractivity contribution is -0.139. The molecule has 1 aromatic heterocycles. The van der Waals surface area contributed by atoms with Gasteiger partial charge in [0.15, 0.2) is 4.80 Å². The highest BCUT2D eigenvalue weighted by atomic mass is 35.5. The zero-order valence-electron chi connectivity index (χ0n) is 19.0. The van der Waals surface area contributed by atoms with Crippen molar-refractivity contribution >= 4 is 35.0 Å². The predicted octanol–water partition coefficient (Wildman–Crippen LogP) is 4.58. The van der Waals surface area contributed by atoms with Crippen molar-refractivity contribution in [2.24, 2.45) is 4.99 Å². The summed E-state index contributed by atoms with van der Waals surface area (Å²) < 4.78 is 7.41. The summed E-state index contributed by atoms with van der Waals surface area (Å²) in [6.45, 7) is 8.02. The first kappa shape index (κ1) is 23.2. The third-order valence-corrected chi connectivity index (χ3v) is 6.94. The van der Waals surface area contributed by atoms with Crippen molar-refractivity contribution in [3.63, 3.8) is 0 Å². The van der Waals surface area contributed by atoms with Gasteiger partial charge in [0.05, 0.1) is 22.4 Å². The maximum atomic E-state index is 13.6. The van der Waals surface area contributed by atoms with Crippen LogP contribution < -0.4 is 14.9 Å². The molecule has 0 spiro atoms. The summed E-state index contributed by atoms with van der Waals surface area (Å²) in [6.07, 6.45) is 1.86. The van der Waals surface area contributed by atoms with Gasteiger partial charge in [-0.1, -0.05) is 79.2 Å². The molecule has 1 aliphatic rings. The number of benzene rings is 2. The molecule has 7 heteroatoms. The molecule has 0 saturated heterocycles. The van der Waals surface area contributed by atoms with Gasteiger partial charge >= 0.3 is 5.97 Å². The minimum Gasteiger partial charge on any atom is -0.463 e. The topological polar surface area (TPSA) is 60.7 Å². The van der Waals surface area contributed by atoms with Crippen molar-refractivity contribution in [2.75, 3.05) is 6.61 Å². The smallest absolute Gasteiger partial charge is 0.338 e. The Balaban J connectivity index is 1.92. The van der Waals surface area contributed by atoms with Gasteiger partial charge < -0.3 is 4.74 Å². The summed E-state index contributed by atoms with van der Waals surface area (Å²) in [5, 5.41) is 0.470. The van der Waals surface area contributed by atoms with Crippen LogP contribution in [0.4, 0.5) is 0 Å². The van der Waals surface area contributed by atoms with E-state index in [1.807, 2.05) is 36.4 Å². The van der Waals surface area contributed by atoms with Crippen LogP contribution in [0.15, 0.2) is 69.6 Å². The van der Waals surface area contributed by atoms with Gasteiger partial charge in [0.1, 0.15) is 6.04 Å². The van der Waals surface area contributed by atoms with E-state index in [-0.39, 0.29) is 12.2 Å². The Morgan fingerprint density at radius 1 is 1.21 bits per heavy atom. The second-order valence-electron chi connectivity index (χ2n) is 8.15. The number of carbonyl (C=O) groups is 1. The van der Waals surface area contributed by atoms with Gasteiger partial charge in [-0.2, -0.15) is 0 Å². The Labute approximate surface area is 201 Å². The van der Waals surface area contributed by atoms with Crippen molar-refractivity contribution < 1.29 is 9.53 Å². The van der Waals surface area contributed by atoms with E-state index in [1.54, 1.807) is 24.5 Å². The summed E-state index contributed by atoms with van der Waals surface area (Å²) in [4.78, 5) is 31.6. The molecule has 0 N–H and O–H groups in total. The number of carbonyl (C=O) groups excluding carboxylic acids is 1. The second kappa shape index (κ2) is 9.49. The first-order valence-electron chi connectivity index (χ1n) is 10.9. The van der Waals surface area contributed by atoms with Crippen LogP contribution in [0.5, 0.6) is 0 Å². The highest BCUT2D eigenvalue weighted by Crippen LogP contribution is 2.34. The Morgan fingerprint density at radius 3 is 2.55 bits per heavy atom. The van der Waals surface area contributed by atoms with Crippen LogP contribution in [-0.4, -0.2) is 17.1 Å². The normalized spacial score (nSPS) is 16.1. The Hall–Kier alpha value is -2.96. The van der Waals surface area contributed by atoms with Crippen LogP contribution >= 0.6 is 22.9 Å². The summed E-state index contributed by atoms with van der Waals surface area (Å²) >= 11 is 7.82. The van der Waals surface area contributed by atoms with E-state index in [9.17, 15) is 9.59 Å². The van der Waals surface area contributed by atoms with E-state index in [1.165, 1.54) is 16.9 Å². The fraction of sp³-hybridized carbons (Fsp3) is 0.269. The highest BCUT2D eigenvalue weighted by molar-refractivity contribution is 7.07. The van der Waals surface area contributed by atoms with E-state index < -0.39 is 12.0 Å². The number of ether oxygens (including phenoxy) is 1. The van der Waals surface area contributed by atoms with E-state index in [4.69, 9.17) is 16.3 Å². The molecule has 3 aromatic rings. The van der Waals surface area contributed by atoms with Crippen LogP contribution in [0.2, 0.25) is 5.02 Å². The molecule has 2 heterocycles. The maximum absolute atomic E-state index is 13.6. The molecule has 4 rings (SSSR count). The average Bonchev–Trinajstić information content (AvgIpc) is 3.08. The van der Waals surface area contributed by atoms with Gasteiger partial charge in [0, 0.05) is 5.02 Å². The molecule has 5 nitrogen and oxygen atoms in total. The Morgan fingerprint density at radius 2 is 1.91 bits per heavy atom. The van der Waals surface area contributed by atoms with Crippen LogP contribution in [0.3, 0.4) is 0 Å². The van der Waals surface area contributed by atoms with E-state index in [0.29, 0.717) is 37.1 Å². The van der Waals surface area contributed by atoms with Gasteiger partial charge in [0.2, 0.25) is 0 Å². The van der Waals surface area contributed by atoms with Gasteiger partial charge in [-0.25, -0.2) is 9.79 Å². The van der Waals surface area contributed by atoms with E-state index in [0.717, 1.165) is 5.56 Å². The zero-order chi connectivity index (χ0) is 23.7. The standard InChI is InChI=1S/C26H25ClN2O3S/c1-5-32-25(31)22-16(4)28-26-29(23(22)19-8-6-7-9-20(19)27)24(30)21(33-26)14-17-10-12-18(13-11-17)15(2)3/h6-15,23H,5H2,1-4H3/b21-14+/t23-/m0/s1. The number of nitrogens with zero attached hydrogens (tertiary/aromatic N) is 2. The number of allylic oxidation sites excluding steroid dienone is 1. The monoisotopic (exact) mass is 480 g/mol. The molecule has 33 heavy (non-hydrogen) atoms. The van der Waals surface area contributed by atoms with Crippen molar-refractivity contribution in [3.8, 4) is 0 Å². The number of aromatic nitrogens is 1. The molecule has 1 atom stereocenters. The molecule has 0 amide bonds. The minimum atomic E-state index is -0.709. The first-order chi connectivity index (χ1) is 15.8. The molecule has 170 valence electrons.